The fourth-order valence-corrected chi connectivity index (χ4v) is 2.85. The fourth-order valence-electron chi connectivity index (χ4n) is 2.18. The standard InChI is InChI=1S/C14H24N2S/c1-11-7-13(11)10-16(3)12(2)8-15-9-14-5-4-6-17-14/h4-6,11-13,15H,7-10H2,1-3H3. The zero-order chi connectivity index (χ0) is 12.3. The van der Waals surface area contributed by atoms with Gasteiger partial charge in [0.2, 0.25) is 0 Å². The lowest BCUT2D eigenvalue weighted by Crippen LogP contribution is -2.38. The smallest absolute Gasteiger partial charge is 0.0300 e. The van der Waals surface area contributed by atoms with E-state index >= 15 is 0 Å². The van der Waals surface area contributed by atoms with Gasteiger partial charge in [0.15, 0.2) is 0 Å². The number of rotatable bonds is 7. The largest absolute Gasteiger partial charge is 0.310 e. The number of thiophene rings is 1. The van der Waals surface area contributed by atoms with Crippen LogP contribution < -0.4 is 5.32 Å². The minimum absolute atomic E-state index is 0.628. The Bertz CT molecular complexity index is 323. The zero-order valence-electron chi connectivity index (χ0n) is 11.1. The van der Waals surface area contributed by atoms with Crippen molar-refractivity contribution >= 4 is 11.3 Å². The summed E-state index contributed by atoms with van der Waals surface area (Å²) >= 11 is 1.83. The van der Waals surface area contributed by atoms with Gasteiger partial charge < -0.3 is 10.2 Å². The summed E-state index contributed by atoms with van der Waals surface area (Å²) in [5, 5.41) is 5.68. The van der Waals surface area contributed by atoms with Crippen molar-refractivity contribution in [3.63, 3.8) is 0 Å². The molecular formula is C14H24N2S. The van der Waals surface area contributed by atoms with Crippen molar-refractivity contribution in [2.24, 2.45) is 11.8 Å². The SMILES string of the molecule is CC1CC1CN(C)C(C)CNCc1cccs1. The Labute approximate surface area is 109 Å². The van der Waals surface area contributed by atoms with Crippen LogP contribution in [0, 0.1) is 11.8 Å². The van der Waals surface area contributed by atoms with Gasteiger partial charge >= 0.3 is 0 Å². The molecule has 1 aliphatic rings. The van der Waals surface area contributed by atoms with Crippen molar-refractivity contribution < 1.29 is 0 Å². The van der Waals surface area contributed by atoms with E-state index in [0.29, 0.717) is 6.04 Å². The second kappa shape index (κ2) is 5.98. The zero-order valence-corrected chi connectivity index (χ0v) is 12.0. The third kappa shape index (κ3) is 4.09. The lowest BCUT2D eigenvalue weighted by atomic mass is 10.2. The van der Waals surface area contributed by atoms with E-state index in [4.69, 9.17) is 0 Å². The second-order valence-corrected chi connectivity index (χ2v) is 6.50. The summed E-state index contributed by atoms with van der Waals surface area (Å²) in [6.45, 7) is 8.03. The van der Waals surface area contributed by atoms with Crippen LogP contribution in [-0.4, -0.2) is 31.1 Å². The molecule has 1 heterocycles. The van der Waals surface area contributed by atoms with Crippen molar-refractivity contribution in [1.82, 2.24) is 10.2 Å². The number of likely N-dealkylation sites (N-methyl/N-ethyl adjacent to an activating group) is 1. The van der Waals surface area contributed by atoms with E-state index in [-0.39, 0.29) is 0 Å². The predicted molar refractivity (Wildman–Crippen MR) is 75.4 cm³/mol. The third-order valence-corrected chi connectivity index (χ3v) is 4.75. The van der Waals surface area contributed by atoms with Crippen LogP contribution in [0.5, 0.6) is 0 Å². The van der Waals surface area contributed by atoms with Crippen LogP contribution >= 0.6 is 11.3 Å². The van der Waals surface area contributed by atoms with Gasteiger partial charge in [-0.15, -0.1) is 11.3 Å². The molecule has 1 saturated carbocycles. The lowest BCUT2D eigenvalue weighted by molar-refractivity contribution is 0.238. The number of nitrogens with zero attached hydrogens (tertiary/aromatic N) is 1. The second-order valence-electron chi connectivity index (χ2n) is 5.47. The molecule has 2 rings (SSSR count). The summed E-state index contributed by atoms with van der Waals surface area (Å²) in [4.78, 5) is 3.92. The molecule has 0 saturated heterocycles. The minimum Gasteiger partial charge on any atom is -0.310 e. The Morgan fingerprint density at radius 3 is 2.94 bits per heavy atom. The molecule has 1 aromatic heterocycles. The summed E-state index contributed by atoms with van der Waals surface area (Å²) in [6.07, 6.45) is 1.43. The quantitative estimate of drug-likeness (QED) is 0.803. The number of nitrogens with one attached hydrogen (secondary N) is 1. The molecule has 0 spiro atoms. The van der Waals surface area contributed by atoms with Crippen LogP contribution in [0.2, 0.25) is 0 Å². The Morgan fingerprint density at radius 1 is 1.59 bits per heavy atom. The van der Waals surface area contributed by atoms with Crippen molar-refractivity contribution in [2.45, 2.75) is 32.9 Å². The first-order valence-corrected chi connectivity index (χ1v) is 7.48. The van der Waals surface area contributed by atoms with E-state index in [1.165, 1.54) is 17.8 Å². The molecule has 1 N–H and O–H groups in total. The number of hydrogen-bond acceptors (Lipinski definition) is 3. The van der Waals surface area contributed by atoms with Crippen molar-refractivity contribution in [1.29, 1.82) is 0 Å². The first-order valence-electron chi connectivity index (χ1n) is 6.60. The van der Waals surface area contributed by atoms with E-state index in [0.717, 1.165) is 24.9 Å². The van der Waals surface area contributed by atoms with Gasteiger partial charge in [0.05, 0.1) is 0 Å². The maximum Gasteiger partial charge on any atom is 0.0300 e. The van der Waals surface area contributed by atoms with Gasteiger partial charge in [-0.25, -0.2) is 0 Å². The van der Waals surface area contributed by atoms with E-state index in [2.05, 4.69) is 48.6 Å². The first-order chi connectivity index (χ1) is 8.16. The van der Waals surface area contributed by atoms with E-state index in [1.807, 2.05) is 11.3 Å². The van der Waals surface area contributed by atoms with Crippen LogP contribution in [0.15, 0.2) is 17.5 Å². The molecule has 3 atom stereocenters. The Kier molecular flexibility index (Phi) is 4.60. The fraction of sp³-hybridized carbons (Fsp3) is 0.714. The maximum atomic E-state index is 3.54. The van der Waals surface area contributed by atoms with E-state index in [1.54, 1.807) is 0 Å². The average molecular weight is 252 g/mol. The van der Waals surface area contributed by atoms with Gasteiger partial charge in [-0.2, -0.15) is 0 Å². The van der Waals surface area contributed by atoms with E-state index < -0.39 is 0 Å². The molecule has 1 aromatic rings. The van der Waals surface area contributed by atoms with Crippen molar-refractivity contribution in [2.75, 3.05) is 20.1 Å². The summed E-state index contributed by atoms with van der Waals surface area (Å²) in [7, 11) is 2.25. The van der Waals surface area contributed by atoms with Gasteiger partial charge in [0, 0.05) is 30.6 Å². The van der Waals surface area contributed by atoms with Crippen LogP contribution in [0.1, 0.15) is 25.1 Å². The third-order valence-electron chi connectivity index (χ3n) is 3.87. The Morgan fingerprint density at radius 2 is 2.35 bits per heavy atom. The molecule has 2 nitrogen and oxygen atoms in total. The Hall–Kier alpha value is -0.380. The molecule has 1 aliphatic carbocycles. The van der Waals surface area contributed by atoms with Gasteiger partial charge in [-0.1, -0.05) is 13.0 Å². The molecule has 0 amide bonds. The molecule has 0 aromatic carbocycles. The monoisotopic (exact) mass is 252 g/mol. The molecule has 0 bridgehead atoms. The van der Waals surface area contributed by atoms with Crippen LogP contribution in [0.3, 0.4) is 0 Å². The van der Waals surface area contributed by atoms with Crippen molar-refractivity contribution in [3.05, 3.63) is 22.4 Å². The topological polar surface area (TPSA) is 15.3 Å². The highest BCUT2D eigenvalue weighted by molar-refractivity contribution is 7.09. The van der Waals surface area contributed by atoms with Gasteiger partial charge in [0.25, 0.3) is 0 Å². The molecule has 1 fully saturated rings. The normalized spacial score (nSPS) is 25.2. The van der Waals surface area contributed by atoms with Crippen LogP contribution in [0.4, 0.5) is 0 Å². The van der Waals surface area contributed by atoms with Crippen LogP contribution in [-0.2, 0) is 6.54 Å². The highest BCUT2D eigenvalue weighted by Gasteiger charge is 2.33. The van der Waals surface area contributed by atoms with Crippen molar-refractivity contribution in [3.8, 4) is 0 Å². The molecule has 3 heteroatoms. The molecule has 0 aliphatic heterocycles. The summed E-state index contributed by atoms with van der Waals surface area (Å²) in [6, 6.07) is 4.94. The van der Waals surface area contributed by atoms with Gasteiger partial charge in [-0.3, -0.25) is 0 Å². The highest BCUT2D eigenvalue weighted by Crippen LogP contribution is 2.38. The van der Waals surface area contributed by atoms with Gasteiger partial charge in [0.1, 0.15) is 0 Å². The molecule has 3 unspecified atom stereocenters. The van der Waals surface area contributed by atoms with Crippen LogP contribution in [0.25, 0.3) is 0 Å². The Balaban J connectivity index is 1.61. The van der Waals surface area contributed by atoms with Gasteiger partial charge in [-0.05, 0) is 43.7 Å². The average Bonchev–Trinajstić information content (AvgIpc) is 2.81. The summed E-state index contributed by atoms with van der Waals surface area (Å²) in [5.41, 5.74) is 0. The molecular weight excluding hydrogens is 228 g/mol. The summed E-state index contributed by atoms with van der Waals surface area (Å²) in [5.74, 6) is 1.92. The minimum atomic E-state index is 0.628. The predicted octanol–water partition coefficient (Wildman–Crippen LogP) is 2.81. The maximum absolute atomic E-state index is 3.54. The lowest BCUT2D eigenvalue weighted by Gasteiger charge is -2.25. The summed E-state index contributed by atoms with van der Waals surface area (Å²) < 4.78 is 0. The molecule has 17 heavy (non-hydrogen) atoms. The molecule has 96 valence electrons. The highest BCUT2D eigenvalue weighted by atomic mass is 32.1. The number of hydrogen-bond donors (Lipinski definition) is 1. The molecule has 0 radical (unpaired) electrons. The van der Waals surface area contributed by atoms with E-state index in [9.17, 15) is 0 Å². The first kappa shape index (κ1) is 13.1.